The number of rotatable bonds is 3. The minimum Gasteiger partial charge on any atom is -0.354 e. The number of anilines is 1. The molecule has 0 aliphatic carbocycles. The van der Waals surface area contributed by atoms with Gasteiger partial charge in [0.05, 0.1) is 0 Å². The molecule has 2 heterocycles. The van der Waals surface area contributed by atoms with Crippen molar-refractivity contribution in [3.05, 3.63) is 53.2 Å². The van der Waals surface area contributed by atoms with Crippen LogP contribution < -0.4 is 10.2 Å². The quantitative estimate of drug-likeness (QED) is 0.942. The van der Waals surface area contributed by atoms with Crippen molar-refractivity contribution in [2.75, 3.05) is 25.0 Å². The number of carbonyl (C=O) groups is 1. The highest BCUT2D eigenvalue weighted by Crippen LogP contribution is 2.32. The van der Waals surface area contributed by atoms with Gasteiger partial charge in [0.2, 0.25) is 0 Å². The molecule has 1 N–H and O–H groups in total. The Labute approximate surface area is 132 Å². The van der Waals surface area contributed by atoms with Crippen LogP contribution in [-0.4, -0.2) is 36.2 Å². The summed E-state index contributed by atoms with van der Waals surface area (Å²) in [5, 5.41) is 10.4. The van der Waals surface area contributed by atoms with Gasteiger partial charge < -0.3 is 10.2 Å². The standard InChI is InChI=1S/C16H16F2N4O/c1-19-16(23)13-5-6-14(21-20-13)22-8-7-10(9-22)15-11(17)3-2-4-12(15)18/h2-6,10H,7-9H2,1H3,(H,19,23). The molecule has 1 fully saturated rings. The van der Waals surface area contributed by atoms with E-state index in [1.165, 1.54) is 25.2 Å². The minimum atomic E-state index is -0.516. The Morgan fingerprint density at radius 2 is 1.96 bits per heavy atom. The fraction of sp³-hybridized carbons (Fsp3) is 0.312. The first kappa shape index (κ1) is 15.3. The van der Waals surface area contributed by atoms with Crippen LogP contribution in [0.25, 0.3) is 0 Å². The monoisotopic (exact) mass is 318 g/mol. The molecule has 0 spiro atoms. The maximum Gasteiger partial charge on any atom is 0.271 e. The van der Waals surface area contributed by atoms with Crippen LogP contribution in [0.5, 0.6) is 0 Å². The van der Waals surface area contributed by atoms with Crippen LogP contribution in [0.3, 0.4) is 0 Å². The summed E-state index contributed by atoms with van der Waals surface area (Å²) in [7, 11) is 1.52. The zero-order valence-electron chi connectivity index (χ0n) is 12.6. The van der Waals surface area contributed by atoms with Crippen molar-refractivity contribution < 1.29 is 13.6 Å². The molecule has 1 aliphatic heterocycles. The molecule has 1 aliphatic rings. The SMILES string of the molecule is CNC(=O)c1ccc(N2CCC(c3c(F)cccc3F)C2)nn1. The number of hydrogen-bond donors (Lipinski definition) is 1. The Hall–Kier alpha value is -2.57. The lowest BCUT2D eigenvalue weighted by atomic mass is 9.97. The largest absolute Gasteiger partial charge is 0.354 e. The fourth-order valence-electron chi connectivity index (χ4n) is 2.85. The van der Waals surface area contributed by atoms with Gasteiger partial charge in [-0.05, 0) is 30.7 Å². The van der Waals surface area contributed by atoms with E-state index in [1.807, 2.05) is 4.90 Å². The molecule has 0 bridgehead atoms. The van der Waals surface area contributed by atoms with Gasteiger partial charge in [0.25, 0.3) is 5.91 Å². The van der Waals surface area contributed by atoms with E-state index in [4.69, 9.17) is 0 Å². The van der Waals surface area contributed by atoms with Gasteiger partial charge in [0.1, 0.15) is 11.6 Å². The van der Waals surface area contributed by atoms with Crippen LogP contribution in [0.1, 0.15) is 28.4 Å². The second-order valence-corrected chi connectivity index (χ2v) is 5.42. The second-order valence-electron chi connectivity index (χ2n) is 5.42. The van der Waals surface area contributed by atoms with Crippen molar-refractivity contribution in [2.24, 2.45) is 0 Å². The first-order valence-corrected chi connectivity index (χ1v) is 7.35. The van der Waals surface area contributed by atoms with Crippen LogP contribution in [0, 0.1) is 11.6 Å². The second kappa shape index (κ2) is 6.28. The van der Waals surface area contributed by atoms with Gasteiger partial charge in [-0.2, -0.15) is 0 Å². The summed E-state index contributed by atoms with van der Waals surface area (Å²) in [6.07, 6.45) is 0.636. The lowest BCUT2D eigenvalue weighted by Gasteiger charge is -2.17. The van der Waals surface area contributed by atoms with Gasteiger partial charge in [-0.15, -0.1) is 10.2 Å². The zero-order valence-corrected chi connectivity index (χ0v) is 12.6. The van der Waals surface area contributed by atoms with Crippen molar-refractivity contribution in [3.63, 3.8) is 0 Å². The molecular formula is C16H16F2N4O. The van der Waals surface area contributed by atoms with E-state index in [-0.39, 0.29) is 23.1 Å². The molecule has 1 aromatic heterocycles. The Balaban J connectivity index is 1.76. The Morgan fingerprint density at radius 3 is 2.57 bits per heavy atom. The smallest absolute Gasteiger partial charge is 0.271 e. The lowest BCUT2D eigenvalue weighted by Crippen LogP contribution is -2.23. The van der Waals surface area contributed by atoms with E-state index in [1.54, 1.807) is 12.1 Å². The molecule has 3 rings (SSSR count). The van der Waals surface area contributed by atoms with E-state index in [0.717, 1.165) is 0 Å². The summed E-state index contributed by atoms with van der Waals surface area (Å²) in [5.41, 5.74) is 0.358. The summed E-state index contributed by atoms with van der Waals surface area (Å²) in [5.74, 6) is -0.971. The average Bonchev–Trinajstić information content (AvgIpc) is 3.04. The van der Waals surface area contributed by atoms with Crippen LogP contribution in [0.15, 0.2) is 30.3 Å². The first-order valence-electron chi connectivity index (χ1n) is 7.35. The third-order valence-corrected chi connectivity index (χ3v) is 4.03. The first-order chi connectivity index (χ1) is 11.1. The number of nitrogens with one attached hydrogen (secondary N) is 1. The molecule has 0 saturated carbocycles. The molecule has 120 valence electrons. The number of carbonyl (C=O) groups excluding carboxylic acids is 1. The van der Waals surface area contributed by atoms with E-state index < -0.39 is 11.6 Å². The van der Waals surface area contributed by atoms with Crippen molar-refractivity contribution in [1.29, 1.82) is 0 Å². The van der Waals surface area contributed by atoms with Gasteiger partial charge in [-0.3, -0.25) is 4.79 Å². The molecule has 1 saturated heterocycles. The van der Waals surface area contributed by atoms with Gasteiger partial charge in [0.15, 0.2) is 11.5 Å². The maximum absolute atomic E-state index is 13.9. The number of aromatic nitrogens is 2. The number of halogens is 2. The molecule has 2 aromatic rings. The van der Waals surface area contributed by atoms with Crippen molar-refractivity contribution >= 4 is 11.7 Å². The summed E-state index contributed by atoms with van der Waals surface area (Å²) >= 11 is 0. The molecule has 1 aromatic carbocycles. The maximum atomic E-state index is 13.9. The number of amides is 1. The average molecular weight is 318 g/mol. The highest BCUT2D eigenvalue weighted by Gasteiger charge is 2.29. The molecular weight excluding hydrogens is 302 g/mol. The molecule has 5 nitrogen and oxygen atoms in total. The predicted molar refractivity (Wildman–Crippen MR) is 81.4 cm³/mol. The zero-order chi connectivity index (χ0) is 16.4. The van der Waals surface area contributed by atoms with Gasteiger partial charge in [-0.1, -0.05) is 6.07 Å². The number of nitrogens with zero attached hydrogens (tertiary/aromatic N) is 3. The van der Waals surface area contributed by atoms with Crippen LogP contribution >= 0.6 is 0 Å². The van der Waals surface area contributed by atoms with Crippen LogP contribution in [0.2, 0.25) is 0 Å². The summed E-state index contributed by atoms with van der Waals surface area (Å²) in [6, 6.07) is 7.19. The predicted octanol–water partition coefficient (Wildman–Crippen LogP) is 2.11. The van der Waals surface area contributed by atoms with Crippen LogP contribution in [0.4, 0.5) is 14.6 Å². The van der Waals surface area contributed by atoms with Crippen molar-refractivity contribution in [1.82, 2.24) is 15.5 Å². The highest BCUT2D eigenvalue weighted by atomic mass is 19.1. The van der Waals surface area contributed by atoms with Gasteiger partial charge >= 0.3 is 0 Å². The normalized spacial score (nSPS) is 17.3. The Bertz CT molecular complexity index is 700. The fourth-order valence-corrected chi connectivity index (χ4v) is 2.85. The Morgan fingerprint density at radius 1 is 1.22 bits per heavy atom. The summed E-state index contributed by atoms with van der Waals surface area (Å²) < 4.78 is 27.8. The molecule has 23 heavy (non-hydrogen) atoms. The van der Waals surface area contributed by atoms with Crippen LogP contribution in [-0.2, 0) is 0 Å². The van der Waals surface area contributed by atoms with E-state index in [9.17, 15) is 13.6 Å². The summed E-state index contributed by atoms with van der Waals surface area (Å²) in [6.45, 7) is 1.10. The van der Waals surface area contributed by atoms with E-state index in [0.29, 0.717) is 25.3 Å². The highest BCUT2D eigenvalue weighted by molar-refractivity contribution is 5.91. The molecule has 0 radical (unpaired) electrons. The number of hydrogen-bond acceptors (Lipinski definition) is 4. The Kier molecular flexibility index (Phi) is 4.18. The topological polar surface area (TPSA) is 58.1 Å². The molecule has 1 amide bonds. The third kappa shape index (κ3) is 2.99. The van der Waals surface area contributed by atoms with Gasteiger partial charge in [-0.25, -0.2) is 8.78 Å². The molecule has 1 unspecified atom stereocenters. The lowest BCUT2D eigenvalue weighted by molar-refractivity contribution is 0.0957. The molecule has 7 heteroatoms. The van der Waals surface area contributed by atoms with Crippen molar-refractivity contribution in [3.8, 4) is 0 Å². The molecule has 1 atom stereocenters. The van der Waals surface area contributed by atoms with E-state index in [2.05, 4.69) is 15.5 Å². The van der Waals surface area contributed by atoms with Gasteiger partial charge in [0, 0.05) is 31.6 Å². The van der Waals surface area contributed by atoms with Crippen molar-refractivity contribution in [2.45, 2.75) is 12.3 Å². The van der Waals surface area contributed by atoms with E-state index >= 15 is 0 Å². The minimum absolute atomic E-state index is 0.130. The third-order valence-electron chi connectivity index (χ3n) is 4.03. The number of benzene rings is 1. The summed E-state index contributed by atoms with van der Waals surface area (Å²) in [4.78, 5) is 13.4.